The first-order valence-electron chi connectivity index (χ1n) is 18.1. The van der Waals surface area contributed by atoms with E-state index in [9.17, 15) is 4.79 Å². The summed E-state index contributed by atoms with van der Waals surface area (Å²) in [7, 11) is 1.71. The molecule has 246 valence electrons. The zero-order valence-corrected chi connectivity index (χ0v) is 27.5. The highest BCUT2D eigenvalue weighted by Gasteiger charge is 2.52. The molecule has 7 nitrogen and oxygen atoms in total. The van der Waals surface area contributed by atoms with Crippen LogP contribution in [0.15, 0.2) is 54.6 Å². The SMILES string of the molecule is COc1ccc(CN2NCC(NC(=O)C3C[C@@](c4ccccc4)(C4CCCCCCCC4)ON3)C23CCCCCCCC3)cc1. The van der Waals surface area contributed by atoms with Gasteiger partial charge in [-0.15, -0.1) is 0 Å². The Morgan fingerprint density at radius 3 is 2.13 bits per heavy atom. The molecule has 3 atom stereocenters. The summed E-state index contributed by atoms with van der Waals surface area (Å²) in [5.74, 6) is 1.36. The highest BCUT2D eigenvalue weighted by molar-refractivity contribution is 5.82. The molecule has 7 heteroatoms. The Kier molecular flexibility index (Phi) is 11.1. The lowest BCUT2D eigenvalue weighted by molar-refractivity contribution is -0.128. The van der Waals surface area contributed by atoms with Gasteiger partial charge in [-0.25, -0.2) is 5.01 Å². The summed E-state index contributed by atoms with van der Waals surface area (Å²) in [4.78, 5) is 20.9. The first kappa shape index (κ1) is 32.5. The van der Waals surface area contributed by atoms with Crippen molar-refractivity contribution < 1.29 is 14.4 Å². The fraction of sp³-hybridized carbons (Fsp3) is 0.658. The number of carbonyl (C=O) groups excluding carboxylic acids is 1. The summed E-state index contributed by atoms with van der Waals surface area (Å²) in [5.41, 5.74) is 8.92. The predicted molar refractivity (Wildman–Crippen MR) is 179 cm³/mol. The maximum absolute atomic E-state index is 14.3. The van der Waals surface area contributed by atoms with Crippen molar-refractivity contribution in [1.82, 2.24) is 21.2 Å². The fourth-order valence-corrected chi connectivity index (χ4v) is 8.83. The van der Waals surface area contributed by atoms with Crippen LogP contribution in [0.1, 0.15) is 120 Å². The summed E-state index contributed by atoms with van der Waals surface area (Å²) >= 11 is 0. The van der Waals surface area contributed by atoms with E-state index < -0.39 is 5.60 Å². The van der Waals surface area contributed by atoms with Crippen molar-refractivity contribution in [1.29, 1.82) is 0 Å². The number of hydrogen-bond acceptors (Lipinski definition) is 6. The molecule has 0 bridgehead atoms. The van der Waals surface area contributed by atoms with E-state index in [-0.39, 0.29) is 23.5 Å². The van der Waals surface area contributed by atoms with E-state index in [2.05, 4.69) is 63.7 Å². The van der Waals surface area contributed by atoms with Crippen molar-refractivity contribution in [2.45, 2.75) is 139 Å². The van der Waals surface area contributed by atoms with E-state index in [1.165, 1.54) is 88.2 Å². The lowest BCUT2D eigenvalue weighted by Gasteiger charge is -2.42. The lowest BCUT2D eigenvalue weighted by Crippen LogP contribution is -2.59. The van der Waals surface area contributed by atoms with Gasteiger partial charge in [0.25, 0.3) is 0 Å². The average molecular weight is 617 g/mol. The molecule has 2 aliphatic heterocycles. The molecule has 6 rings (SSSR count). The molecule has 2 saturated carbocycles. The molecular weight excluding hydrogens is 560 g/mol. The number of nitrogens with one attached hydrogen (secondary N) is 3. The molecule has 1 amide bonds. The van der Waals surface area contributed by atoms with Gasteiger partial charge in [0.1, 0.15) is 17.4 Å². The number of amides is 1. The molecule has 2 saturated heterocycles. The van der Waals surface area contributed by atoms with E-state index in [4.69, 9.17) is 9.57 Å². The van der Waals surface area contributed by atoms with E-state index in [1.807, 2.05) is 12.1 Å². The molecule has 2 aromatic carbocycles. The van der Waals surface area contributed by atoms with Crippen LogP contribution >= 0.6 is 0 Å². The zero-order valence-electron chi connectivity index (χ0n) is 27.5. The van der Waals surface area contributed by atoms with Crippen molar-refractivity contribution in [3.05, 3.63) is 65.7 Å². The van der Waals surface area contributed by atoms with Crippen LogP contribution in [-0.4, -0.2) is 42.2 Å². The molecule has 4 aliphatic rings. The largest absolute Gasteiger partial charge is 0.497 e. The zero-order chi connectivity index (χ0) is 31.0. The number of carbonyl (C=O) groups is 1. The molecule has 2 aliphatic carbocycles. The van der Waals surface area contributed by atoms with Crippen molar-refractivity contribution in [3.63, 3.8) is 0 Å². The van der Waals surface area contributed by atoms with Gasteiger partial charge in [0.05, 0.1) is 18.7 Å². The van der Waals surface area contributed by atoms with Crippen LogP contribution in [0.5, 0.6) is 5.75 Å². The second kappa shape index (κ2) is 15.4. The standard InChI is InChI=1S/C38H56N4O3/c1-44-33-23-21-30(22-24-33)29-42-37(25-15-8-4-5-9-16-26-37)35(28-39-42)40-36(43)34-27-38(45-41-34,32-19-13-10-14-20-32)31-17-11-6-2-3-7-12-18-31/h10,13-14,19-24,31,34-35,39,41H,2-9,11-12,15-18,25-29H2,1H3,(H,40,43)/t34?,35?,38-/m0/s1. The van der Waals surface area contributed by atoms with Crippen LogP contribution in [0.2, 0.25) is 0 Å². The van der Waals surface area contributed by atoms with Gasteiger partial charge >= 0.3 is 0 Å². The summed E-state index contributed by atoms with van der Waals surface area (Å²) in [6.45, 7) is 1.56. The van der Waals surface area contributed by atoms with Crippen molar-refractivity contribution in [2.75, 3.05) is 13.7 Å². The molecule has 2 heterocycles. The number of nitrogens with zero attached hydrogens (tertiary/aromatic N) is 1. The van der Waals surface area contributed by atoms with Crippen LogP contribution < -0.4 is 21.0 Å². The van der Waals surface area contributed by atoms with Gasteiger partial charge in [0.15, 0.2) is 0 Å². The van der Waals surface area contributed by atoms with Gasteiger partial charge in [-0.2, -0.15) is 5.48 Å². The number of methoxy groups -OCH3 is 1. The molecule has 45 heavy (non-hydrogen) atoms. The normalized spacial score (nSPS) is 28.7. The summed E-state index contributed by atoms with van der Waals surface area (Å²) in [6.07, 6.45) is 20.4. The molecule has 2 aromatic rings. The van der Waals surface area contributed by atoms with Crippen LogP contribution in [0.3, 0.4) is 0 Å². The van der Waals surface area contributed by atoms with Gasteiger partial charge in [-0.1, -0.05) is 120 Å². The van der Waals surface area contributed by atoms with Crippen molar-refractivity contribution in [2.24, 2.45) is 5.92 Å². The molecular formula is C38H56N4O3. The number of hydroxylamine groups is 1. The van der Waals surface area contributed by atoms with Crippen LogP contribution in [0.4, 0.5) is 0 Å². The number of benzene rings is 2. The molecule has 2 unspecified atom stereocenters. The Bertz CT molecular complexity index is 1190. The first-order valence-corrected chi connectivity index (χ1v) is 18.1. The maximum atomic E-state index is 14.3. The molecule has 3 N–H and O–H groups in total. The van der Waals surface area contributed by atoms with E-state index in [0.29, 0.717) is 12.3 Å². The quantitative estimate of drug-likeness (QED) is 0.303. The highest BCUT2D eigenvalue weighted by atomic mass is 16.7. The van der Waals surface area contributed by atoms with Gasteiger partial charge < -0.3 is 10.1 Å². The first-order chi connectivity index (χ1) is 22.1. The topological polar surface area (TPSA) is 74.9 Å². The summed E-state index contributed by atoms with van der Waals surface area (Å²) in [5, 5.41) is 6.07. The van der Waals surface area contributed by atoms with Gasteiger partial charge in [0, 0.05) is 19.5 Å². The van der Waals surface area contributed by atoms with Crippen LogP contribution in [-0.2, 0) is 21.8 Å². The van der Waals surface area contributed by atoms with Crippen molar-refractivity contribution >= 4 is 5.91 Å². The van der Waals surface area contributed by atoms with E-state index in [0.717, 1.165) is 44.5 Å². The minimum absolute atomic E-state index is 0.0415. The second-order valence-corrected chi connectivity index (χ2v) is 14.2. The molecule has 0 radical (unpaired) electrons. The molecule has 0 aromatic heterocycles. The minimum atomic E-state index is -0.474. The number of rotatable bonds is 7. The Labute approximate surface area is 271 Å². The fourth-order valence-electron chi connectivity index (χ4n) is 8.83. The third-order valence-electron chi connectivity index (χ3n) is 11.4. The van der Waals surface area contributed by atoms with Crippen molar-refractivity contribution in [3.8, 4) is 5.75 Å². The highest BCUT2D eigenvalue weighted by Crippen LogP contribution is 2.46. The van der Waals surface area contributed by atoms with Crippen LogP contribution in [0, 0.1) is 5.92 Å². The van der Waals surface area contributed by atoms with Gasteiger partial charge in [-0.3, -0.25) is 15.1 Å². The summed E-state index contributed by atoms with van der Waals surface area (Å²) in [6, 6.07) is 18.8. The van der Waals surface area contributed by atoms with E-state index in [1.54, 1.807) is 7.11 Å². The number of hydrazine groups is 1. The smallest absolute Gasteiger partial charge is 0.239 e. The molecule has 4 fully saturated rings. The maximum Gasteiger partial charge on any atom is 0.239 e. The second-order valence-electron chi connectivity index (χ2n) is 14.2. The lowest BCUT2D eigenvalue weighted by atomic mass is 9.73. The monoisotopic (exact) mass is 616 g/mol. The predicted octanol–water partition coefficient (Wildman–Crippen LogP) is 7.31. The third-order valence-corrected chi connectivity index (χ3v) is 11.4. The Balaban J connectivity index is 1.21. The number of ether oxygens (including phenoxy) is 1. The minimum Gasteiger partial charge on any atom is -0.497 e. The van der Waals surface area contributed by atoms with Crippen LogP contribution in [0.25, 0.3) is 0 Å². The average Bonchev–Trinajstić information content (AvgIpc) is 3.72. The van der Waals surface area contributed by atoms with Gasteiger partial charge in [-0.05, 0) is 54.9 Å². The summed E-state index contributed by atoms with van der Waals surface area (Å²) < 4.78 is 5.41. The Morgan fingerprint density at radius 1 is 0.867 bits per heavy atom. The number of hydrogen-bond donors (Lipinski definition) is 3. The van der Waals surface area contributed by atoms with E-state index >= 15 is 0 Å². The molecule has 1 spiro atoms. The Morgan fingerprint density at radius 2 is 1.49 bits per heavy atom. The third kappa shape index (κ3) is 7.43. The van der Waals surface area contributed by atoms with Gasteiger partial charge in [0.2, 0.25) is 5.91 Å². The Hall–Kier alpha value is -2.45.